The van der Waals surface area contributed by atoms with E-state index in [2.05, 4.69) is 12.1 Å². The third-order valence-corrected chi connectivity index (χ3v) is 6.29. The van der Waals surface area contributed by atoms with Crippen LogP contribution in [0.4, 0.5) is 9.59 Å². The van der Waals surface area contributed by atoms with E-state index >= 15 is 0 Å². The summed E-state index contributed by atoms with van der Waals surface area (Å²) in [5.41, 5.74) is 4.03. The van der Waals surface area contributed by atoms with Gasteiger partial charge in [-0.2, -0.15) is 0 Å². The Morgan fingerprint density at radius 2 is 1.02 bits per heavy atom. The van der Waals surface area contributed by atoms with Gasteiger partial charge in [-0.15, -0.1) is 0 Å². The van der Waals surface area contributed by atoms with Gasteiger partial charge in [-0.1, -0.05) is 72.8 Å². The summed E-state index contributed by atoms with van der Waals surface area (Å²) in [5.74, 6) is 0. The molecule has 0 aliphatic rings. The van der Waals surface area contributed by atoms with Gasteiger partial charge in [0.15, 0.2) is 0 Å². The first-order valence-electron chi connectivity index (χ1n) is 13.4. The van der Waals surface area contributed by atoms with Crippen molar-refractivity contribution in [2.75, 3.05) is 0 Å². The summed E-state index contributed by atoms with van der Waals surface area (Å²) in [7, 11) is 0. The maximum absolute atomic E-state index is 13.7. The zero-order chi connectivity index (χ0) is 28.7. The average Bonchev–Trinajstić information content (AvgIpc) is 3.49. The van der Waals surface area contributed by atoms with Gasteiger partial charge in [-0.3, -0.25) is 0 Å². The Morgan fingerprint density at radius 1 is 0.525 bits per heavy atom. The molecule has 5 rings (SSSR count). The fourth-order valence-corrected chi connectivity index (χ4v) is 4.68. The highest BCUT2D eigenvalue weighted by molar-refractivity contribution is 5.97. The predicted octanol–water partition coefficient (Wildman–Crippen LogP) is 9.01. The number of aromatic nitrogens is 2. The van der Waals surface area contributed by atoms with Crippen LogP contribution in [0.25, 0.3) is 44.7 Å². The number of hydrogen-bond donors (Lipinski definition) is 0. The van der Waals surface area contributed by atoms with E-state index < -0.39 is 23.4 Å². The van der Waals surface area contributed by atoms with E-state index in [0.29, 0.717) is 22.6 Å². The molecule has 0 aliphatic heterocycles. The molecule has 0 amide bonds. The third-order valence-electron chi connectivity index (χ3n) is 6.29. The summed E-state index contributed by atoms with van der Waals surface area (Å²) in [6.07, 6.45) is -1.05. The van der Waals surface area contributed by atoms with E-state index in [1.165, 1.54) is 9.13 Å². The van der Waals surface area contributed by atoms with Gasteiger partial charge >= 0.3 is 12.2 Å². The number of fused-ring (bicyclic) bond motifs is 1. The second kappa shape index (κ2) is 10.2. The molecule has 6 nitrogen and oxygen atoms in total. The van der Waals surface area contributed by atoms with Crippen LogP contribution in [0.2, 0.25) is 0 Å². The lowest BCUT2D eigenvalue weighted by molar-refractivity contribution is 0.0525. The molecule has 0 atom stereocenters. The fourth-order valence-electron chi connectivity index (χ4n) is 4.68. The molecule has 0 N–H and O–H groups in total. The van der Waals surface area contributed by atoms with E-state index in [4.69, 9.17) is 9.47 Å². The smallest absolute Gasteiger partial charge is 0.419 e. The van der Waals surface area contributed by atoms with E-state index in [1.54, 1.807) is 0 Å². The molecule has 0 unspecified atom stereocenters. The highest BCUT2D eigenvalue weighted by Gasteiger charge is 2.28. The molecule has 204 valence electrons. The van der Waals surface area contributed by atoms with Gasteiger partial charge < -0.3 is 9.47 Å². The largest absolute Gasteiger partial charge is 0.443 e. The molecule has 0 saturated heterocycles. The van der Waals surface area contributed by atoms with Crippen LogP contribution in [0.15, 0.2) is 97.1 Å². The summed E-state index contributed by atoms with van der Waals surface area (Å²) in [5, 5.41) is 0.856. The van der Waals surface area contributed by atoms with Crippen LogP contribution < -0.4 is 0 Å². The number of ether oxygens (including phenoxy) is 2. The zero-order valence-electron chi connectivity index (χ0n) is 23.8. The highest BCUT2D eigenvalue weighted by Crippen LogP contribution is 2.35. The monoisotopic (exact) mass is 534 g/mol. The van der Waals surface area contributed by atoms with E-state index in [-0.39, 0.29) is 0 Å². The Kier molecular flexibility index (Phi) is 6.88. The molecule has 5 aromatic rings. The number of hydrogen-bond acceptors (Lipinski definition) is 4. The van der Waals surface area contributed by atoms with E-state index in [0.717, 1.165) is 22.1 Å². The van der Waals surface area contributed by atoms with Crippen molar-refractivity contribution in [1.82, 2.24) is 9.13 Å². The second-order valence-electron chi connectivity index (χ2n) is 11.8. The van der Waals surface area contributed by atoms with Gasteiger partial charge in [0.2, 0.25) is 0 Å². The number of carbonyl (C=O) groups is 2. The number of rotatable bonds is 3. The molecule has 40 heavy (non-hydrogen) atoms. The number of carbonyl (C=O) groups excluding carboxylic acids is 2. The second-order valence-corrected chi connectivity index (χ2v) is 11.8. The van der Waals surface area contributed by atoms with Gasteiger partial charge in [-0.05, 0) is 82.5 Å². The lowest BCUT2D eigenvalue weighted by atomic mass is 10.0. The van der Waals surface area contributed by atoms with Crippen LogP contribution in [0.5, 0.6) is 0 Å². The Morgan fingerprint density at radius 3 is 1.65 bits per heavy atom. The third kappa shape index (κ3) is 5.57. The summed E-state index contributed by atoms with van der Waals surface area (Å²) in [6, 6.07) is 31.4. The normalized spacial score (nSPS) is 11.9. The number of benzene rings is 3. The molecular weight excluding hydrogens is 500 g/mol. The molecule has 0 spiro atoms. The van der Waals surface area contributed by atoms with Crippen LogP contribution in [-0.2, 0) is 9.47 Å². The number of para-hydroxylation sites is 1. The molecule has 0 bridgehead atoms. The van der Waals surface area contributed by atoms with Gasteiger partial charge in [0.25, 0.3) is 0 Å². The Hall–Kier alpha value is -4.58. The van der Waals surface area contributed by atoms with Crippen molar-refractivity contribution in [3.8, 4) is 33.8 Å². The quantitative estimate of drug-likeness (QED) is 0.232. The zero-order valence-corrected chi connectivity index (χ0v) is 23.8. The van der Waals surface area contributed by atoms with Gasteiger partial charge in [0.1, 0.15) is 11.2 Å². The molecule has 2 aromatic heterocycles. The van der Waals surface area contributed by atoms with Crippen LogP contribution in [0.3, 0.4) is 0 Å². The van der Waals surface area contributed by atoms with E-state index in [9.17, 15) is 9.59 Å². The molecule has 0 saturated carbocycles. The van der Waals surface area contributed by atoms with Crippen LogP contribution in [0.1, 0.15) is 41.5 Å². The minimum atomic E-state index is -0.717. The van der Waals surface area contributed by atoms with Crippen molar-refractivity contribution in [3.63, 3.8) is 0 Å². The van der Waals surface area contributed by atoms with Crippen molar-refractivity contribution < 1.29 is 19.1 Å². The Labute approximate surface area is 234 Å². The average molecular weight is 535 g/mol. The number of nitrogens with zero attached hydrogens (tertiary/aromatic N) is 2. The van der Waals surface area contributed by atoms with Gasteiger partial charge in [0.05, 0.1) is 22.6 Å². The lowest BCUT2D eigenvalue weighted by Crippen LogP contribution is -2.29. The van der Waals surface area contributed by atoms with Crippen LogP contribution in [-0.4, -0.2) is 32.5 Å². The first-order chi connectivity index (χ1) is 18.9. The molecule has 2 heterocycles. The Bertz CT molecular complexity index is 1680. The minimum Gasteiger partial charge on any atom is -0.443 e. The van der Waals surface area contributed by atoms with Gasteiger partial charge in [0, 0.05) is 5.39 Å². The summed E-state index contributed by atoms with van der Waals surface area (Å²) >= 11 is 0. The maximum atomic E-state index is 13.7. The van der Waals surface area contributed by atoms with Crippen LogP contribution in [0, 0.1) is 0 Å². The fraction of sp³-hybridized carbons (Fsp3) is 0.235. The highest BCUT2D eigenvalue weighted by atomic mass is 16.6. The SMILES string of the molecule is CC(C)(C)OC(=O)n1c(-c2ccc(-c3ccccc3)cc2)ccc1-c1cc2ccccc2n1C(=O)OC(C)(C)C. The summed E-state index contributed by atoms with van der Waals surface area (Å²) < 4.78 is 14.7. The van der Waals surface area contributed by atoms with Crippen molar-refractivity contribution in [1.29, 1.82) is 0 Å². The summed E-state index contributed by atoms with van der Waals surface area (Å²) in [4.78, 5) is 27.2. The first-order valence-corrected chi connectivity index (χ1v) is 13.4. The lowest BCUT2D eigenvalue weighted by Gasteiger charge is -2.23. The Balaban J connectivity index is 1.68. The maximum Gasteiger partial charge on any atom is 0.419 e. The minimum absolute atomic E-state index is 0.519. The van der Waals surface area contributed by atoms with Crippen molar-refractivity contribution >= 4 is 23.1 Å². The van der Waals surface area contributed by atoms with Crippen molar-refractivity contribution in [3.05, 3.63) is 97.1 Å². The van der Waals surface area contributed by atoms with Crippen LogP contribution >= 0.6 is 0 Å². The molecule has 0 fully saturated rings. The standard InChI is InChI=1S/C34H34N2O4/c1-33(2,3)39-31(37)35-28(25-18-16-24(17-19-25)23-12-8-7-9-13-23)20-21-29(35)30-22-26-14-10-11-15-27(26)36(30)32(38)40-34(4,5)6/h7-22H,1-6H3. The van der Waals surface area contributed by atoms with Crippen molar-refractivity contribution in [2.45, 2.75) is 52.7 Å². The van der Waals surface area contributed by atoms with Crippen molar-refractivity contribution in [2.24, 2.45) is 0 Å². The summed E-state index contributed by atoms with van der Waals surface area (Å²) in [6.45, 7) is 11.0. The molecule has 3 aromatic carbocycles. The van der Waals surface area contributed by atoms with E-state index in [1.807, 2.05) is 126 Å². The predicted molar refractivity (Wildman–Crippen MR) is 159 cm³/mol. The molecule has 0 radical (unpaired) electrons. The molecule has 6 heteroatoms. The molecular formula is C34H34N2O4. The first kappa shape index (κ1) is 27.0. The topological polar surface area (TPSA) is 62.5 Å². The molecule has 0 aliphatic carbocycles. The van der Waals surface area contributed by atoms with Gasteiger partial charge in [-0.25, -0.2) is 18.7 Å².